The SMILES string of the molecule is COC[C@@H]1CN(Cc2ccc(OC)c(OC)c2)C[C@H]1c1nc(C)no1. The lowest BCUT2D eigenvalue weighted by molar-refractivity contribution is 0.142. The third kappa shape index (κ3) is 3.93. The first-order chi connectivity index (χ1) is 12.1. The van der Waals surface area contributed by atoms with Gasteiger partial charge in [0.15, 0.2) is 17.3 Å². The maximum absolute atomic E-state index is 5.41. The fraction of sp³-hybridized carbons (Fsp3) is 0.556. The van der Waals surface area contributed by atoms with Crippen LogP contribution in [0, 0.1) is 12.8 Å². The summed E-state index contributed by atoms with van der Waals surface area (Å²) in [5.41, 5.74) is 1.18. The number of rotatable bonds is 7. The van der Waals surface area contributed by atoms with Gasteiger partial charge in [-0.25, -0.2) is 0 Å². The van der Waals surface area contributed by atoms with Crippen molar-refractivity contribution in [3.8, 4) is 11.5 Å². The highest BCUT2D eigenvalue weighted by molar-refractivity contribution is 5.42. The first-order valence-corrected chi connectivity index (χ1v) is 8.37. The molecule has 0 bridgehead atoms. The van der Waals surface area contributed by atoms with Crippen molar-refractivity contribution in [3.05, 3.63) is 35.5 Å². The Hall–Kier alpha value is -2.12. The third-order valence-electron chi connectivity index (χ3n) is 4.61. The van der Waals surface area contributed by atoms with Gasteiger partial charge < -0.3 is 18.7 Å². The highest BCUT2D eigenvalue weighted by atomic mass is 16.5. The van der Waals surface area contributed by atoms with Crippen molar-refractivity contribution < 1.29 is 18.7 Å². The highest BCUT2D eigenvalue weighted by Crippen LogP contribution is 2.34. The Morgan fingerprint density at radius 2 is 1.96 bits per heavy atom. The van der Waals surface area contributed by atoms with Gasteiger partial charge in [0.1, 0.15) is 0 Å². The molecule has 0 unspecified atom stereocenters. The minimum Gasteiger partial charge on any atom is -0.493 e. The van der Waals surface area contributed by atoms with E-state index in [0.717, 1.165) is 31.1 Å². The number of aryl methyl sites for hydroxylation is 1. The summed E-state index contributed by atoms with van der Waals surface area (Å²) < 4.78 is 21.5. The molecule has 0 spiro atoms. The number of aromatic nitrogens is 2. The Bertz CT molecular complexity index is 703. The molecule has 1 fully saturated rings. The Balaban J connectivity index is 1.73. The van der Waals surface area contributed by atoms with E-state index >= 15 is 0 Å². The average Bonchev–Trinajstić information content (AvgIpc) is 3.21. The topological polar surface area (TPSA) is 69.9 Å². The predicted octanol–water partition coefficient (Wildman–Crippen LogP) is 2.26. The number of ether oxygens (including phenoxy) is 3. The van der Waals surface area contributed by atoms with Crippen LogP contribution >= 0.6 is 0 Å². The number of likely N-dealkylation sites (tertiary alicyclic amines) is 1. The summed E-state index contributed by atoms with van der Waals surface area (Å²) in [6, 6.07) is 6.03. The Kier molecular flexibility index (Phi) is 5.55. The van der Waals surface area contributed by atoms with Crippen molar-refractivity contribution in [1.82, 2.24) is 15.0 Å². The molecule has 0 N–H and O–H groups in total. The van der Waals surface area contributed by atoms with E-state index in [1.165, 1.54) is 5.56 Å². The zero-order valence-corrected chi connectivity index (χ0v) is 15.2. The first-order valence-electron chi connectivity index (χ1n) is 8.37. The minimum absolute atomic E-state index is 0.196. The summed E-state index contributed by atoms with van der Waals surface area (Å²) in [5, 5.41) is 3.93. The number of methoxy groups -OCH3 is 3. The molecule has 0 amide bonds. The molecule has 7 nitrogen and oxygen atoms in total. The van der Waals surface area contributed by atoms with Gasteiger partial charge in [0.05, 0.1) is 26.7 Å². The lowest BCUT2D eigenvalue weighted by Gasteiger charge is -2.17. The summed E-state index contributed by atoms with van der Waals surface area (Å²) in [6.07, 6.45) is 0. The van der Waals surface area contributed by atoms with Crippen LogP contribution in [0.25, 0.3) is 0 Å². The maximum atomic E-state index is 5.41. The van der Waals surface area contributed by atoms with Crippen LogP contribution in [0.2, 0.25) is 0 Å². The molecule has 0 aliphatic carbocycles. The van der Waals surface area contributed by atoms with E-state index in [9.17, 15) is 0 Å². The molecule has 1 aliphatic rings. The Labute approximate surface area is 147 Å². The third-order valence-corrected chi connectivity index (χ3v) is 4.61. The summed E-state index contributed by atoms with van der Waals surface area (Å²) in [7, 11) is 5.03. The van der Waals surface area contributed by atoms with Gasteiger partial charge in [-0.05, 0) is 24.6 Å². The smallest absolute Gasteiger partial charge is 0.231 e. The number of benzene rings is 1. The van der Waals surface area contributed by atoms with Gasteiger partial charge in [0.25, 0.3) is 0 Å². The van der Waals surface area contributed by atoms with E-state index in [4.69, 9.17) is 18.7 Å². The quantitative estimate of drug-likeness (QED) is 0.761. The summed E-state index contributed by atoms with van der Waals surface area (Å²) in [4.78, 5) is 6.80. The summed E-state index contributed by atoms with van der Waals surface area (Å²) in [6.45, 7) is 5.13. The van der Waals surface area contributed by atoms with Crippen molar-refractivity contribution in [3.63, 3.8) is 0 Å². The van der Waals surface area contributed by atoms with Crippen LogP contribution in [0.1, 0.15) is 23.2 Å². The molecule has 1 aromatic heterocycles. The van der Waals surface area contributed by atoms with Crippen LogP contribution in [0.5, 0.6) is 11.5 Å². The van der Waals surface area contributed by atoms with Gasteiger partial charge >= 0.3 is 0 Å². The second-order valence-corrected chi connectivity index (χ2v) is 6.39. The van der Waals surface area contributed by atoms with Crippen molar-refractivity contribution in [2.75, 3.05) is 41.0 Å². The van der Waals surface area contributed by atoms with Gasteiger partial charge in [-0.2, -0.15) is 4.98 Å². The van der Waals surface area contributed by atoms with E-state index < -0.39 is 0 Å². The normalized spacial score (nSPS) is 20.8. The van der Waals surface area contributed by atoms with E-state index in [2.05, 4.69) is 21.1 Å². The second kappa shape index (κ2) is 7.84. The Morgan fingerprint density at radius 1 is 1.16 bits per heavy atom. The van der Waals surface area contributed by atoms with E-state index in [1.54, 1.807) is 21.3 Å². The van der Waals surface area contributed by atoms with Crippen molar-refractivity contribution in [2.24, 2.45) is 5.92 Å². The van der Waals surface area contributed by atoms with E-state index in [1.807, 2.05) is 19.1 Å². The number of hydrogen-bond donors (Lipinski definition) is 0. The number of nitrogens with zero attached hydrogens (tertiary/aromatic N) is 3. The fourth-order valence-corrected chi connectivity index (χ4v) is 3.45. The fourth-order valence-electron chi connectivity index (χ4n) is 3.45. The molecular weight excluding hydrogens is 322 g/mol. The van der Waals surface area contributed by atoms with Crippen LogP contribution in [-0.2, 0) is 11.3 Å². The van der Waals surface area contributed by atoms with Crippen LogP contribution < -0.4 is 9.47 Å². The monoisotopic (exact) mass is 347 g/mol. The second-order valence-electron chi connectivity index (χ2n) is 6.39. The molecule has 0 radical (unpaired) electrons. The average molecular weight is 347 g/mol. The van der Waals surface area contributed by atoms with E-state index in [-0.39, 0.29) is 5.92 Å². The molecule has 1 saturated heterocycles. The number of hydrogen-bond acceptors (Lipinski definition) is 7. The molecule has 0 saturated carbocycles. The van der Waals surface area contributed by atoms with Gasteiger partial charge in [0.2, 0.25) is 5.89 Å². The highest BCUT2D eigenvalue weighted by Gasteiger charge is 2.37. The lowest BCUT2D eigenvalue weighted by Crippen LogP contribution is -2.21. The van der Waals surface area contributed by atoms with Crippen LogP contribution in [0.15, 0.2) is 22.7 Å². The van der Waals surface area contributed by atoms with Crippen LogP contribution in [0.3, 0.4) is 0 Å². The van der Waals surface area contributed by atoms with Gasteiger partial charge in [-0.3, -0.25) is 4.90 Å². The molecule has 136 valence electrons. The summed E-state index contributed by atoms with van der Waals surface area (Å²) >= 11 is 0. The predicted molar refractivity (Wildman–Crippen MR) is 92.0 cm³/mol. The van der Waals surface area contributed by atoms with Gasteiger partial charge in [-0.1, -0.05) is 11.2 Å². The first kappa shape index (κ1) is 17.7. The zero-order valence-electron chi connectivity index (χ0n) is 15.2. The molecule has 25 heavy (non-hydrogen) atoms. The van der Waals surface area contributed by atoms with Crippen LogP contribution in [-0.4, -0.2) is 56.1 Å². The van der Waals surface area contributed by atoms with Gasteiger partial charge in [0, 0.05) is 32.7 Å². The standard InChI is InChI=1S/C18H25N3O4/c1-12-19-18(25-20-12)15-10-21(9-14(15)11-22-2)8-13-5-6-16(23-3)17(7-13)24-4/h5-7,14-15H,8-11H2,1-4H3/t14-,15+/m0/s1. The molecule has 2 atom stereocenters. The zero-order chi connectivity index (χ0) is 17.8. The minimum atomic E-state index is 0.196. The largest absolute Gasteiger partial charge is 0.493 e. The molecular formula is C18H25N3O4. The summed E-state index contributed by atoms with van der Waals surface area (Å²) in [5.74, 6) is 3.39. The molecule has 1 aromatic carbocycles. The molecule has 2 aromatic rings. The van der Waals surface area contributed by atoms with Crippen molar-refractivity contribution >= 4 is 0 Å². The molecule has 2 heterocycles. The molecule has 1 aliphatic heterocycles. The molecule has 3 rings (SSSR count). The van der Waals surface area contributed by atoms with Crippen molar-refractivity contribution in [1.29, 1.82) is 0 Å². The lowest BCUT2D eigenvalue weighted by atomic mass is 9.97. The van der Waals surface area contributed by atoms with E-state index in [0.29, 0.717) is 24.2 Å². The van der Waals surface area contributed by atoms with Crippen molar-refractivity contribution in [2.45, 2.75) is 19.4 Å². The Morgan fingerprint density at radius 3 is 2.60 bits per heavy atom. The van der Waals surface area contributed by atoms with Gasteiger partial charge in [-0.15, -0.1) is 0 Å². The molecule has 7 heteroatoms. The van der Waals surface area contributed by atoms with Crippen LogP contribution in [0.4, 0.5) is 0 Å². The maximum Gasteiger partial charge on any atom is 0.231 e.